The molecule has 0 aliphatic rings. The van der Waals surface area contributed by atoms with Crippen molar-refractivity contribution in [1.29, 1.82) is 0 Å². The van der Waals surface area contributed by atoms with Crippen LogP contribution in [-0.2, 0) is 11.2 Å². The SMILES string of the molecule is Cc1nc(NCCNC(=O)Cc2c[nH]c3ccccc23)cc(-n2ccnc2C)n1. The van der Waals surface area contributed by atoms with E-state index >= 15 is 0 Å². The summed E-state index contributed by atoms with van der Waals surface area (Å²) in [4.78, 5) is 28.6. The van der Waals surface area contributed by atoms with E-state index in [2.05, 4.69) is 30.6 Å². The molecule has 0 radical (unpaired) electrons. The Bertz CT molecular complexity index is 1140. The molecule has 0 aliphatic carbocycles. The number of anilines is 1. The number of H-pyrrole nitrogens is 1. The van der Waals surface area contributed by atoms with Gasteiger partial charge in [-0.25, -0.2) is 15.0 Å². The van der Waals surface area contributed by atoms with E-state index in [1.54, 1.807) is 6.20 Å². The predicted octanol–water partition coefficient (Wildman–Crippen LogP) is 2.53. The van der Waals surface area contributed by atoms with Crippen LogP contribution in [0.2, 0.25) is 0 Å². The van der Waals surface area contributed by atoms with Gasteiger partial charge in [0, 0.05) is 48.6 Å². The molecule has 8 heteroatoms. The van der Waals surface area contributed by atoms with Gasteiger partial charge in [0.2, 0.25) is 5.91 Å². The summed E-state index contributed by atoms with van der Waals surface area (Å²) in [6.45, 7) is 4.85. The van der Waals surface area contributed by atoms with Gasteiger partial charge >= 0.3 is 0 Å². The van der Waals surface area contributed by atoms with Gasteiger partial charge < -0.3 is 15.6 Å². The van der Waals surface area contributed by atoms with Crippen LogP contribution in [0.1, 0.15) is 17.2 Å². The van der Waals surface area contributed by atoms with Crippen molar-refractivity contribution in [1.82, 2.24) is 29.8 Å². The molecule has 3 N–H and O–H groups in total. The molecule has 3 aromatic heterocycles. The molecule has 1 aromatic carbocycles. The lowest BCUT2D eigenvalue weighted by atomic mass is 10.1. The van der Waals surface area contributed by atoms with Gasteiger partial charge in [-0.2, -0.15) is 0 Å². The summed E-state index contributed by atoms with van der Waals surface area (Å²) in [6.07, 6.45) is 5.85. The molecule has 0 bridgehead atoms. The van der Waals surface area contributed by atoms with E-state index in [1.807, 2.05) is 61.1 Å². The number of para-hydroxylation sites is 1. The lowest BCUT2D eigenvalue weighted by molar-refractivity contribution is -0.120. The number of amides is 1. The van der Waals surface area contributed by atoms with Crippen molar-refractivity contribution in [3.05, 3.63) is 66.1 Å². The first-order chi connectivity index (χ1) is 14.1. The summed E-state index contributed by atoms with van der Waals surface area (Å²) in [7, 11) is 0. The van der Waals surface area contributed by atoms with Crippen LogP contribution >= 0.6 is 0 Å². The number of hydrogen-bond donors (Lipinski definition) is 3. The van der Waals surface area contributed by atoms with E-state index in [1.165, 1.54) is 0 Å². The Morgan fingerprint density at radius 2 is 2.03 bits per heavy atom. The van der Waals surface area contributed by atoms with E-state index in [0.29, 0.717) is 31.2 Å². The van der Waals surface area contributed by atoms with Crippen LogP contribution in [0.3, 0.4) is 0 Å². The molecule has 0 unspecified atom stereocenters. The molecular weight excluding hydrogens is 366 g/mol. The van der Waals surface area contributed by atoms with Gasteiger partial charge in [-0.05, 0) is 25.5 Å². The zero-order chi connectivity index (χ0) is 20.2. The van der Waals surface area contributed by atoms with Gasteiger partial charge in [-0.3, -0.25) is 9.36 Å². The smallest absolute Gasteiger partial charge is 0.224 e. The molecule has 0 atom stereocenters. The Morgan fingerprint density at radius 1 is 1.17 bits per heavy atom. The quantitative estimate of drug-likeness (QED) is 0.422. The van der Waals surface area contributed by atoms with Crippen molar-refractivity contribution in [2.75, 3.05) is 18.4 Å². The minimum absolute atomic E-state index is 0.00912. The van der Waals surface area contributed by atoms with Crippen LogP contribution in [0.4, 0.5) is 5.82 Å². The molecule has 0 aliphatic heterocycles. The number of benzene rings is 1. The summed E-state index contributed by atoms with van der Waals surface area (Å²) in [6, 6.07) is 9.85. The lowest BCUT2D eigenvalue weighted by Gasteiger charge is -2.10. The van der Waals surface area contributed by atoms with Crippen LogP contribution in [0, 0.1) is 13.8 Å². The standard InChI is InChI=1S/C21H23N7O/c1-14-26-19(12-20(27-14)28-10-9-22-15(28)2)23-7-8-24-21(29)11-16-13-25-18-6-4-3-5-17(16)18/h3-6,9-10,12-13,25H,7-8,11H2,1-2H3,(H,24,29)(H,23,26,27). The van der Waals surface area contributed by atoms with E-state index in [9.17, 15) is 4.79 Å². The fourth-order valence-electron chi connectivity index (χ4n) is 3.29. The van der Waals surface area contributed by atoms with Gasteiger partial charge in [-0.1, -0.05) is 18.2 Å². The highest BCUT2D eigenvalue weighted by Gasteiger charge is 2.09. The number of nitrogens with zero attached hydrogens (tertiary/aromatic N) is 4. The predicted molar refractivity (Wildman–Crippen MR) is 112 cm³/mol. The lowest BCUT2D eigenvalue weighted by Crippen LogP contribution is -2.30. The third-order valence-corrected chi connectivity index (χ3v) is 4.68. The fraction of sp³-hybridized carbons (Fsp3) is 0.238. The molecule has 4 aromatic rings. The highest BCUT2D eigenvalue weighted by Crippen LogP contribution is 2.18. The largest absolute Gasteiger partial charge is 0.368 e. The van der Waals surface area contributed by atoms with Gasteiger partial charge in [-0.15, -0.1) is 0 Å². The molecule has 0 spiro atoms. The molecule has 0 fully saturated rings. The van der Waals surface area contributed by atoms with Gasteiger partial charge in [0.25, 0.3) is 0 Å². The Hall–Kier alpha value is -3.68. The van der Waals surface area contributed by atoms with Gasteiger partial charge in [0.15, 0.2) is 0 Å². The number of carbonyl (C=O) groups excluding carboxylic acids is 1. The van der Waals surface area contributed by atoms with Gasteiger partial charge in [0.05, 0.1) is 6.42 Å². The molecule has 1 amide bonds. The molecule has 4 rings (SSSR count). The first kappa shape index (κ1) is 18.7. The van der Waals surface area contributed by atoms with Crippen molar-refractivity contribution < 1.29 is 4.79 Å². The van der Waals surface area contributed by atoms with Gasteiger partial charge in [0.1, 0.15) is 23.3 Å². The number of nitrogens with one attached hydrogen (secondary N) is 3. The molecule has 0 saturated carbocycles. The molecule has 8 nitrogen and oxygen atoms in total. The molecule has 0 saturated heterocycles. The second kappa shape index (κ2) is 8.14. The van der Waals surface area contributed by atoms with E-state index in [0.717, 1.165) is 28.1 Å². The summed E-state index contributed by atoms with van der Waals surface area (Å²) < 4.78 is 1.91. The molecule has 148 valence electrons. The number of hydrogen-bond acceptors (Lipinski definition) is 5. The number of rotatable bonds is 7. The normalized spacial score (nSPS) is 11.0. The summed E-state index contributed by atoms with van der Waals surface area (Å²) in [5.41, 5.74) is 2.04. The minimum Gasteiger partial charge on any atom is -0.368 e. The second-order valence-electron chi connectivity index (χ2n) is 6.82. The highest BCUT2D eigenvalue weighted by atomic mass is 16.1. The maximum atomic E-state index is 12.3. The Labute approximate surface area is 168 Å². The minimum atomic E-state index is -0.00912. The van der Waals surface area contributed by atoms with Crippen molar-refractivity contribution in [2.24, 2.45) is 0 Å². The average molecular weight is 389 g/mol. The number of aryl methyl sites for hydroxylation is 2. The molecular formula is C21H23N7O. The van der Waals surface area contributed by atoms with Crippen LogP contribution in [0.5, 0.6) is 0 Å². The molecule has 3 heterocycles. The van der Waals surface area contributed by atoms with Crippen molar-refractivity contribution in [3.8, 4) is 5.82 Å². The number of aromatic nitrogens is 5. The fourth-order valence-corrected chi connectivity index (χ4v) is 3.29. The van der Waals surface area contributed by atoms with Crippen molar-refractivity contribution >= 4 is 22.6 Å². The Kier molecular flexibility index (Phi) is 5.24. The Balaban J connectivity index is 1.31. The maximum Gasteiger partial charge on any atom is 0.224 e. The zero-order valence-corrected chi connectivity index (χ0v) is 16.4. The zero-order valence-electron chi connectivity index (χ0n) is 16.4. The Morgan fingerprint density at radius 3 is 2.86 bits per heavy atom. The van der Waals surface area contributed by atoms with Crippen LogP contribution in [-0.4, -0.2) is 43.5 Å². The third-order valence-electron chi connectivity index (χ3n) is 4.68. The van der Waals surface area contributed by atoms with Crippen molar-refractivity contribution in [2.45, 2.75) is 20.3 Å². The summed E-state index contributed by atoms with van der Waals surface area (Å²) >= 11 is 0. The molecule has 29 heavy (non-hydrogen) atoms. The van der Waals surface area contributed by atoms with Crippen LogP contribution in [0.15, 0.2) is 48.9 Å². The summed E-state index contributed by atoms with van der Waals surface area (Å²) in [5, 5.41) is 7.28. The first-order valence-corrected chi connectivity index (χ1v) is 9.52. The second-order valence-corrected chi connectivity index (χ2v) is 6.82. The van der Waals surface area contributed by atoms with Crippen LogP contribution in [0.25, 0.3) is 16.7 Å². The van der Waals surface area contributed by atoms with E-state index in [4.69, 9.17) is 0 Å². The first-order valence-electron chi connectivity index (χ1n) is 9.52. The van der Waals surface area contributed by atoms with E-state index < -0.39 is 0 Å². The monoisotopic (exact) mass is 389 g/mol. The maximum absolute atomic E-state index is 12.3. The topological polar surface area (TPSA) is 101 Å². The summed E-state index contributed by atoms with van der Waals surface area (Å²) in [5.74, 6) is 3.00. The number of aromatic amines is 1. The number of carbonyl (C=O) groups is 1. The van der Waals surface area contributed by atoms with E-state index in [-0.39, 0.29) is 5.91 Å². The van der Waals surface area contributed by atoms with Crippen LogP contribution < -0.4 is 10.6 Å². The number of imidazole rings is 1. The number of fused-ring (bicyclic) bond motifs is 1. The third kappa shape index (κ3) is 4.26. The van der Waals surface area contributed by atoms with Crippen molar-refractivity contribution in [3.63, 3.8) is 0 Å². The highest BCUT2D eigenvalue weighted by molar-refractivity contribution is 5.88. The average Bonchev–Trinajstić information content (AvgIpc) is 3.31.